The van der Waals surface area contributed by atoms with Crippen LogP contribution in [0, 0.1) is 6.92 Å². The Morgan fingerprint density at radius 2 is 2.00 bits per heavy atom. The molecule has 0 fully saturated rings. The molecule has 1 radical (unpaired) electrons. The van der Waals surface area contributed by atoms with Gasteiger partial charge in [-0.05, 0) is 87.0 Å². The lowest BCUT2D eigenvalue weighted by Crippen LogP contribution is -2.32. The van der Waals surface area contributed by atoms with Crippen molar-refractivity contribution in [3.05, 3.63) is 69.6 Å². The van der Waals surface area contributed by atoms with Crippen LogP contribution in [0.5, 0.6) is 11.5 Å². The third-order valence-corrected chi connectivity index (χ3v) is 4.92. The average Bonchev–Trinajstić information content (AvgIpc) is 2.64. The molecule has 0 spiro atoms. The van der Waals surface area contributed by atoms with Gasteiger partial charge in [0, 0.05) is 10.5 Å². The quantitative estimate of drug-likeness (QED) is 0.229. The summed E-state index contributed by atoms with van der Waals surface area (Å²) in [6.07, 6.45) is 8.02. The van der Waals surface area contributed by atoms with Crippen LogP contribution in [0.4, 0.5) is 5.69 Å². The maximum Gasteiger partial charge on any atom is 0.178 e. The van der Waals surface area contributed by atoms with Crippen LogP contribution in [0.2, 0.25) is 0 Å². The zero-order valence-corrected chi connectivity index (χ0v) is 16.7. The van der Waals surface area contributed by atoms with E-state index in [4.69, 9.17) is 10.3 Å². The fraction of sp³-hybridized carbons (Fsp3) is 0.304. The van der Waals surface area contributed by atoms with Crippen molar-refractivity contribution >= 4 is 11.8 Å². The molecule has 1 unspecified atom stereocenters. The highest BCUT2D eigenvalue weighted by Gasteiger charge is 2.29. The Hall–Kier alpha value is -3.17. The summed E-state index contributed by atoms with van der Waals surface area (Å²) in [5, 5.41) is 15.4. The Balaban J connectivity index is 2.06. The summed E-state index contributed by atoms with van der Waals surface area (Å²) in [5.74, 6) is 0.688. The number of hydrogen-bond donors (Lipinski definition) is 0. The number of nitrogens with zero attached hydrogens (tertiary/aromatic N) is 3. The SMILES string of the molecule is CC(C)=CCCC1(C)C=Cc2c(N=[N+]=[N-])c(-c3ccc([O])cc3)cc(C)c2O1. The Labute approximate surface area is 165 Å². The van der Waals surface area contributed by atoms with Crippen LogP contribution in [0.25, 0.3) is 27.6 Å². The topological polar surface area (TPSA) is 77.9 Å². The van der Waals surface area contributed by atoms with E-state index in [9.17, 15) is 5.11 Å². The zero-order chi connectivity index (χ0) is 20.3. The number of aryl methyl sites for hydroxylation is 1. The van der Waals surface area contributed by atoms with Crippen LogP contribution in [0.15, 0.2) is 53.2 Å². The van der Waals surface area contributed by atoms with Crippen LogP contribution < -0.4 is 4.74 Å². The summed E-state index contributed by atoms with van der Waals surface area (Å²) >= 11 is 0. The largest absolute Gasteiger partial charge is 0.483 e. The van der Waals surface area contributed by atoms with Crippen LogP contribution in [-0.4, -0.2) is 5.60 Å². The van der Waals surface area contributed by atoms with Gasteiger partial charge in [0.25, 0.3) is 0 Å². The third-order valence-electron chi connectivity index (χ3n) is 4.92. The lowest BCUT2D eigenvalue weighted by molar-refractivity contribution is 0.128. The number of hydrogen-bond acceptors (Lipinski definition) is 2. The molecule has 2 aromatic carbocycles. The Morgan fingerprint density at radius 1 is 1.29 bits per heavy atom. The first-order valence-corrected chi connectivity index (χ1v) is 9.35. The first-order valence-electron chi connectivity index (χ1n) is 9.35. The van der Waals surface area contributed by atoms with Crippen molar-refractivity contribution < 1.29 is 9.84 Å². The van der Waals surface area contributed by atoms with Gasteiger partial charge in [-0.2, -0.15) is 0 Å². The highest BCUT2D eigenvalue weighted by atomic mass is 16.5. The molecule has 28 heavy (non-hydrogen) atoms. The molecule has 0 saturated heterocycles. The number of fused-ring (bicyclic) bond motifs is 1. The second-order valence-corrected chi connectivity index (χ2v) is 7.61. The van der Waals surface area contributed by atoms with E-state index in [0.717, 1.165) is 40.8 Å². The lowest BCUT2D eigenvalue weighted by atomic mass is 9.90. The Kier molecular flexibility index (Phi) is 5.48. The molecule has 0 N–H and O–H groups in total. The van der Waals surface area contributed by atoms with Gasteiger partial charge in [-0.1, -0.05) is 35.0 Å². The van der Waals surface area contributed by atoms with Crippen LogP contribution in [-0.2, 0) is 5.11 Å². The van der Waals surface area contributed by atoms with Gasteiger partial charge in [0.05, 0.1) is 5.69 Å². The van der Waals surface area contributed by atoms with Gasteiger partial charge >= 0.3 is 0 Å². The van der Waals surface area contributed by atoms with Crippen molar-refractivity contribution in [1.29, 1.82) is 0 Å². The van der Waals surface area contributed by atoms with E-state index in [1.165, 1.54) is 17.7 Å². The molecule has 5 heteroatoms. The monoisotopic (exact) mass is 374 g/mol. The number of rotatable bonds is 5. The third kappa shape index (κ3) is 4.05. The molecule has 2 aromatic rings. The number of azide groups is 1. The number of benzene rings is 2. The van der Waals surface area contributed by atoms with Crippen LogP contribution >= 0.6 is 0 Å². The maximum atomic E-state index is 11.4. The molecule has 1 aliphatic heterocycles. The predicted molar refractivity (Wildman–Crippen MR) is 112 cm³/mol. The van der Waals surface area contributed by atoms with Crippen molar-refractivity contribution in [3.63, 3.8) is 0 Å². The minimum Gasteiger partial charge on any atom is -0.483 e. The molecule has 1 aliphatic rings. The van der Waals surface area contributed by atoms with Gasteiger partial charge in [-0.15, -0.1) is 0 Å². The zero-order valence-electron chi connectivity index (χ0n) is 16.7. The van der Waals surface area contributed by atoms with E-state index in [2.05, 4.69) is 36.9 Å². The maximum absolute atomic E-state index is 11.4. The van der Waals surface area contributed by atoms with Crippen molar-refractivity contribution in [1.82, 2.24) is 0 Å². The second-order valence-electron chi connectivity index (χ2n) is 7.61. The van der Waals surface area contributed by atoms with Crippen molar-refractivity contribution in [3.8, 4) is 22.6 Å². The van der Waals surface area contributed by atoms with Crippen LogP contribution in [0.1, 0.15) is 44.7 Å². The van der Waals surface area contributed by atoms with Gasteiger partial charge in [0.15, 0.2) is 5.75 Å². The molecule has 0 saturated carbocycles. The van der Waals surface area contributed by atoms with Crippen LogP contribution in [0.3, 0.4) is 0 Å². The van der Waals surface area contributed by atoms with Gasteiger partial charge in [0.2, 0.25) is 0 Å². The molecule has 0 aromatic heterocycles. The standard InChI is InChI=1S/C23H24N3O2/c1-15(2)6-5-12-23(4)13-11-19-21(25-26-24)20(14-16(3)22(19)28-23)17-7-9-18(27)10-8-17/h6-11,13-14H,5,12H2,1-4H3. The highest BCUT2D eigenvalue weighted by molar-refractivity contribution is 5.87. The van der Waals surface area contributed by atoms with E-state index in [1.807, 2.05) is 25.1 Å². The second kappa shape index (κ2) is 7.83. The molecular formula is C23H24N3O2. The predicted octanol–water partition coefficient (Wildman–Crippen LogP) is 7.66. The summed E-state index contributed by atoms with van der Waals surface area (Å²) < 4.78 is 6.38. The van der Waals surface area contributed by atoms with Gasteiger partial charge in [-0.3, -0.25) is 5.11 Å². The van der Waals surface area contributed by atoms with Gasteiger partial charge < -0.3 is 4.74 Å². The minimum absolute atomic E-state index is 0.0564. The lowest BCUT2D eigenvalue weighted by Gasteiger charge is -2.33. The van der Waals surface area contributed by atoms with E-state index in [0.29, 0.717) is 5.69 Å². The molecule has 0 bridgehead atoms. The number of allylic oxidation sites excluding steroid dienone is 2. The summed E-state index contributed by atoms with van der Waals surface area (Å²) in [4.78, 5) is 3.02. The molecule has 0 amide bonds. The van der Waals surface area contributed by atoms with E-state index in [1.54, 1.807) is 12.1 Å². The van der Waals surface area contributed by atoms with Gasteiger partial charge in [-0.25, -0.2) is 0 Å². The highest BCUT2D eigenvalue weighted by Crippen LogP contribution is 2.46. The molecule has 0 aliphatic carbocycles. The average molecular weight is 374 g/mol. The molecule has 1 heterocycles. The summed E-state index contributed by atoms with van der Waals surface area (Å²) in [5.41, 5.74) is 13.9. The fourth-order valence-corrected chi connectivity index (χ4v) is 3.42. The number of ether oxygens (including phenoxy) is 1. The van der Waals surface area contributed by atoms with Gasteiger partial charge in [0.1, 0.15) is 11.4 Å². The summed E-state index contributed by atoms with van der Waals surface area (Å²) in [6, 6.07) is 8.47. The van der Waals surface area contributed by atoms with E-state index >= 15 is 0 Å². The fourth-order valence-electron chi connectivity index (χ4n) is 3.42. The van der Waals surface area contributed by atoms with Crippen molar-refractivity contribution in [2.45, 2.75) is 46.1 Å². The van der Waals surface area contributed by atoms with E-state index in [-0.39, 0.29) is 5.75 Å². The summed E-state index contributed by atoms with van der Waals surface area (Å²) in [6.45, 7) is 8.23. The van der Waals surface area contributed by atoms with E-state index < -0.39 is 5.60 Å². The molecular weight excluding hydrogens is 350 g/mol. The minimum atomic E-state index is -0.414. The Morgan fingerprint density at radius 3 is 2.64 bits per heavy atom. The smallest absolute Gasteiger partial charge is 0.178 e. The first kappa shape index (κ1) is 19.6. The summed E-state index contributed by atoms with van der Waals surface area (Å²) in [7, 11) is 0. The molecule has 1 atom stereocenters. The first-order chi connectivity index (χ1) is 13.3. The molecule has 5 nitrogen and oxygen atoms in total. The normalized spacial score (nSPS) is 17.3. The van der Waals surface area contributed by atoms with Crippen molar-refractivity contribution in [2.24, 2.45) is 5.11 Å². The van der Waals surface area contributed by atoms with Crippen molar-refractivity contribution in [2.75, 3.05) is 0 Å². The molecule has 143 valence electrons. The molecule has 3 rings (SSSR count). The Bertz CT molecular complexity index is 995.